The van der Waals surface area contributed by atoms with Crippen LogP contribution in [0.4, 0.5) is 0 Å². The highest BCUT2D eigenvalue weighted by Crippen LogP contribution is 2.08. The number of amides is 4. The molecule has 0 radical (unpaired) electrons. The van der Waals surface area contributed by atoms with E-state index in [1.54, 1.807) is 60.7 Å². The van der Waals surface area contributed by atoms with Gasteiger partial charge in [-0.15, -0.1) is 0 Å². The van der Waals surface area contributed by atoms with Gasteiger partial charge in [-0.1, -0.05) is 60.7 Å². The minimum atomic E-state index is -1.46. The monoisotopic (exact) mass is 557 g/mol. The lowest BCUT2D eigenvalue weighted by Crippen LogP contribution is -2.58. The first-order chi connectivity index (χ1) is 18.6. The SMILES string of the molecule is CSCCC(N)C(=O)NC(Cc1ccccc1)C(=O)NC(CC(N)=O)C(=O)NC(Cc1ccccc1)C(=O)O. The minimum Gasteiger partial charge on any atom is -0.480 e. The van der Waals surface area contributed by atoms with Crippen molar-refractivity contribution in [2.45, 2.75) is 49.9 Å². The molecule has 0 aliphatic carbocycles. The highest BCUT2D eigenvalue weighted by Gasteiger charge is 2.31. The molecule has 11 nitrogen and oxygen atoms in total. The van der Waals surface area contributed by atoms with Crippen LogP contribution in [0, 0.1) is 0 Å². The third-order valence-corrected chi connectivity index (χ3v) is 6.46. The molecule has 12 heteroatoms. The van der Waals surface area contributed by atoms with Crippen LogP contribution in [0.2, 0.25) is 0 Å². The van der Waals surface area contributed by atoms with Gasteiger partial charge >= 0.3 is 5.97 Å². The smallest absolute Gasteiger partial charge is 0.326 e. The van der Waals surface area contributed by atoms with E-state index in [1.165, 1.54) is 11.8 Å². The van der Waals surface area contributed by atoms with Gasteiger partial charge in [0.25, 0.3) is 0 Å². The summed E-state index contributed by atoms with van der Waals surface area (Å²) < 4.78 is 0. The van der Waals surface area contributed by atoms with Crippen LogP contribution < -0.4 is 27.4 Å². The van der Waals surface area contributed by atoms with E-state index >= 15 is 0 Å². The summed E-state index contributed by atoms with van der Waals surface area (Å²) in [4.78, 5) is 62.6. The lowest BCUT2D eigenvalue weighted by molar-refractivity contribution is -0.142. The highest BCUT2D eigenvalue weighted by atomic mass is 32.2. The van der Waals surface area contributed by atoms with E-state index in [4.69, 9.17) is 11.5 Å². The molecule has 0 aliphatic rings. The number of carboxylic acid groups (broad SMARTS) is 1. The Morgan fingerprint density at radius 3 is 1.72 bits per heavy atom. The summed E-state index contributed by atoms with van der Waals surface area (Å²) in [6, 6.07) is 12.8. The normalized spacial score (nSPS) is 13.8. The molecule has 39 heavy (non-hydrogen) atoms. The number of aliphatic carboxylic acids is 1. The van der Waals surface area contributed by atoms with Gasteiger partial charge in [-0.25, -0.2) is 4.79 Å². The zero-order valence-electron chi connectivity index (χ0n) is 21.7. The summed E-state index contributed by atoms with van der Waals surface area (Å²) in [5.41, 5.74) is 12.7. The van der Waals surface area contributed by atoms with Gasteiger partial charge in [-0.2, -0.15) is 11.8 Å². The van der Waals surface area contributed by atoms with Crippen molar-refractivity contribution in [3.8, 4) is 0 Å². The van der Waals surface area contributed by atoms with E-state index in [0.29, 0.717) is 17.7 Å². The first-order valence-electron chi connectivity index (χ1n) is 12.3. The molecule has 0 aromatic heterocycles. The Morgan fingerprint density at radius 1 is 0.769 bits per heavy atom. The Balaban J connectivity index is 2.20. The molecule has 2 rings (SSSR count). The molecule has 0 saturated heterocycles. The van der Waals surface area contributed by atoms with Crippen LogP contribution in [0.3, 0.4) is 0 Å². The van der Waals surface area contributed by atoms with Crippen molar-refractivity contribution >= 4 is 41.4 Å². The summed E-state index contributed by atoms with van der Waals surface area (Å²) in [7, 11) is 0. The van der Waals surface area contributed by atoms with Crippen molar-refractivity contribution < 1.29 is 29.1 Å². The average Bonchev–Trinajstić information content (AvgIpc) is 2.91. The van der Waals surface area contributed by atoms with Crippen molar-refractivity contribution in [2.75, 3.05) is 12.0 Å². The zero-order valence-corrected chi connectivity index (χ0v) is 22.5. The van der Waals surface area contributed by atoms with E-state index in [2.05, 4.69) is 16.0 Å². The predicted molar refractivity (Wildman–Crippen MR) is 149 cm³/mol. The number of carboxylic acids is 1. The topological polar surface area (TPSA) is 194 Å². The molecule has 4 unspecified atom stereocenters. The van der Waals surface area contributed by atoms with Gasteiger partial charge in [-0.3, -0.25) is 19.2 Å². The molecule has 8 N–H and O–H groups in total. The maximum absolute atomic E-state index is 13.3. The number of thioether (sulfide) groups is 1. The van der Waals surface area contributed by atoms with Gasteiger partial charge in [0.2, 0.25) is 23.6 Å². The van der Waals surface area contributed by atoms with Gasteiger partial charge in [0.05, 0.1) is 12.5 Å². The molecule has 0 saturated carbocycles. The Hall–Kier alpha value is -3.90. The van der Waals surface area contributed by atoms with Crippen LogP contribution in [-0.2, 0) is 36.8 Å². The number of nitrogens with two attached hydrogens (primary N) is 2. The van der Waals surface area contributed by atoms with Gasteiger partial charge < -0.3 is 32.5 Å². The third kappa shape index (κ3) is 11.2. The number of carbonyl (C=O) groups is 5. The Bertz CT molecular complexity index is 1120. The second-order valence-corrected chi connectivity index (χ2v) is 9.95. The van der Waals surface area contributed by atoms with Gasteiger partial charge in [0.15, 0.2) is 0 Å². The van der Waals surface area contributed by atoms with Crippen LogP contribution >= 0.6 is 11.8 Å². The van der Waals surface area contributed by atoms with Crippen LogP contribution in [0.5, 0.6) is 0 Å². The van der Waals surface area contributed by atoms with Crippen molar-refractivity contribution in [1.29, 1.82) is 0 Å². The molecular formula is C27H35N5O6S. The first-order valence-corrected chi connectivity index (χ1v) is 13.7. The minimum absolute atomic E-state index is 0.0141. The number of hydrogen-bond acceptors (Lipinski definition) is 7. The molecular weight excluding hydrogens is 522 g/mol. The Kier molecular flexibility index (Phi) is 13.0. The molecule has 0 heterocycles. The van der Waals surface area contributed by atoms with E-state index in [9.17, 15) is 29.1 Å². The molecule has 0 aliphatic heterocycles. The number of benzene rings is 2. The molecule has 4 amide bonds. The van der Waals surface area contributed by atoms with Gasteiger partial charge in [0, 0.05) is 12.8 Å². The van der Waals surface area contributed by atoms with E-state index in [0.717, 1.165) is 5.56 Å². The highest BCUT2D eigenvalue weighted by molar-refractivity contribution is 7.98. The van der Waals surface area contributed by atoms with Crippen LogP contribution in [0.1, 0.15) is 24.0 Å². The second-order valence-electron chi connectivity index (χ2n) is 8.96. The summed E-state index contributed by atoms with van der Waals surface area (Å²) >= 11 is 1.53. The summed E-state index contributed by atoms with van der Waals surface area (Å²) in [6.45, 7) is 0. The Labute approximate surface area is 231 Å². The molecule has 2 aromatic carbocycles. The van der Waals surface area contributed by atoms with Crippen LogP contribution in [-0.4, -0.2) is 70.9 Å². The molecule has 0 fully saturated rings. The lowest BCUT2D eigenvalue weighted by atomic mass is 10.0. The molecule has 0 bridgehead atoms. The fourth-order valence-electron chi connectivity index (χ4n) is 3.72. The van der Waals surface area contributed by atoms with Crippen LogP contribution in [0.25, 0.3) is 0 Å². The molecule has 0 spiro atoms. The van der Waals surface area contributed by atoms with Crippen molar-refractivity contribution in [3.63, 3.8) is 0 Å². The van der Waals surface area contributed by atoms with Crippen molar-refractivity contribution in [3.05, 3.63) is 71.8 Å². The Morgan fingerprint density at radius 2 is 1.23 bits per heavy atom. The average molecular weight is 558 g/mol. The predicted octanol–water partition coefficient (Wildman–Crippen LogP) is -0.0334. The standard InChI is InChI=1S/C27H35N5O6S/c1-39-13-12-19(28)24(34)30-20(14-17-8-4-2-5-9-17)25(35)31-21(16-23(29)33)26(36)32-22(27(37)38)15-18-10-6-3-7-11-18/h2-11,19-22H,12-16,28H2,1H3,(H2,29,33)(H,30,34)(H,31,35)(H,32,36)(H,37,38). The largest absolute Gasteiger partial charge is 0.480 e. The van der Waals surface area contributed by atoms with E-state index in [-0.39, 0.29) is 12.8 Å². The number of nitrogens with one attached hydrogen (secondary N) is 3. The number of rotatable bonds is 16. The van der Waals surface area contributed by atoms with E-state index < -0.39 is 60.2 Å². The lowest BCUT2D eigenvalue weighted by Gasteiger charge is -2.25. The summed E-state index contributed by atoms with van der Waals surface area (Å²) in [5, 5.41) is 17.1. The van der Waals surface area contributed by atoms with Crippen LogP contribution in [0.15, 0.2) is 60.7 Å². The third-order valence-electron chi connectivity index (χ3n) is 5.82. The quantitative estimate of drug-likeness (QED) is 0.165. The second kappa shape index (κ2) is 16.1. The van der Waals surface area contributed by atoms with Gasteiger partial charge in [-0.05, 0) is 29.6 Å². The summed E-state index contributed by atoms with van der Waals surface area (Å²) in [5.74, 6) is -3.70. The zero-order chi connectivity index (χ0) is 28.8. The molecule has 4 atom stereocenters. The van der Waals surface area contributed by atoms with Gasteiger partial charge in [0.1, 0.15) is 18.1 Å². The number of primary amides is 1. The number of hydrogen-bond donors (Lipinski definition) is 6. The first kappa shape index (κ1) is 31.3. The van der Waals surface area contributed by atoms with E-state index in [1.807, 2.05) is 6.26 Å². The maximum atomic E-state index is 13.3. The number of carbonyl (C=O) groups excluding carboxylic acids is 4. The maximum Gasteiger partial charge on any atom is 0.326 e. The fourth-order valence-corrected chi connectivity index (χ4v) is 4.21. The molecule has 210 valence electrons. The van der Waals surface area contributed by atoms with Crippen molar-refractivity contribution in [2.24, 2.45) is 11.5 Å². The van der Waals surface area contributed by atoms with Crippen molar-refractivity contribution in [1.82, 2.24) is 16.0 Å². The summed E-state index contributed by atoms with van der Waals surface area (Å²) in [6.07, 6.45) is 1.78. The fraction of sp³-hybridized carbons (Fsp3) is 0.370. The molecule has 2 aromatic rings.